The van der Waals surface area contributed by atoms with Crippen molar-refractivity contribution >= 4 is 23.1 Å². The van der Waals surface area contributed by atoms with Gasteiger partial charge in [-0.15, -0.1) is 0 Å². The molecule has 2 atom stereocenters. The minimum atomic E-state index is -0.700. The quantitative estimate of drug-likeness (QED) is 0.723. The van der Waals surface area contributed by atoms with Crippen molar-refractivity contribution in [3.63, 3.8) is 0 Å². The lowest BCUT2D eigenvalue weighted by Crippen LogP contribution is -2.47. The van der Waals surface area contributed by atoms with Gasteiger partial charge in [0, 0.05) is 6.54 Å². The second kappa shape index (κ2) is 4.32. The molecule has 0 aliphatic heterocycles. The highest BCUT2D eigenvalue weighted by molar-refractivity contribution is 7.80. The number of hydrogen-bond acceptors (Lipinski definition) is 2. The van der Waals surface area contributed by atoms with E-state index in [0.717, 1.165) is 6.54 Å². The molecule has 0 bridgehead atoms. The monoisotopic (exact) mass is 242 g/mol. The molecule has 1 saturated carbocycles. The fraction of sp³-hybridized carbons (Fsp3) is 0.833. The third-order valence-electron chi connectivity index (χ3n) is 3.98. The van der Waals surface area contributed by atoms with Gasteiger partial charge in [0.15, 0.2) is 0 Å². The van der Waals surface area contributed by atoms with E-state index in [1.807, 2.05) is 13.8 Å². The molecule has 1 fully saturated rings. The molecule has 3 nitrogen and oxygen atoms in total. The summed E-state index contributed by atoms with van der Waals surface area (Å²) in [6.45, 7) is 8.92. The molecular weight excluding hydrogens is 220 g/mol. The van der Waals surface area contributed by atoms with Gasteiger partial charge in [-0.1, -0.05) is 33.0 Å². The summed E-state index contributed by atoms with van der Waals surface area (Å²) in [6.07, 6.45) is 1.82. The lowest BCUT2D eigenvalue weighted by molar-refractivity contribution is -0.127. The average Bonchev–Trinajstić information content (AvgIpc) is 2.81. The van der Waals surface area contributed by atoms with E-state index in [0.29, 0.717) is 17.8 Å². The van der Waals surface area contributed by atoms with Crippen molar-refractivity contribution in [1.82, 2.24) is 5.32 Å². The highest BCUT2D eigenvalue weighted by Gasteiger charge is 2.46. The summed E-state index contributed by atoms with van der Waals surface area (Å²) in [5.41, 5.74) is 5.32. The Balaban J connectivity index is 2.48. The zero-order chi connectivity index (χ0) is 12.6. The van der Waals surface area contributed by atoms with Crippen molar-refractivity contribution in [1.29, 1.82) is 0 Å². The molecule has 16 heavy (non-hydrogen) atoms. The van der Waals surface area contributed by atoms with Crippen molar-refractivity contribution in [2.75, 3.05) is 6.54 Å². The molecule has 2 unspecified atom stereocenters. The van der Waals surface area contributed by atoms with Crippen LogP contribution in [0.5, 0.6) is 0 Å². The molecule has 0 aromatic carbocycles. The predicted molar refractivity (Wildman–Crippen MR) is 70.1 cm³/mol. The molecule has 4 heteroatoms. The maximum atomic E-state index is 12.0. The molecule has 3 N–H and O–H groups in total. The first-order valence-corrected chi connectivity index (χ1v) is 6.23. The number of carbonyl (C=O) groups is 1. The largest absolute Gasteiger partial charge is 0.392 e. The van der Waals surface area contributed by atoms with Crippen LogP contribution in [0.4, 0.5) is 0 Å². The molecule has 0 radical (unpaired) electrons. The van der Waals surface area contributed by atoms with Crippen molar-refractivity contribution in [2.45, 2.75) is 40.5 Å². The van der Waals surface area contributed by atoms with Gasteiger partial charge >= 0.3 is 0 Å². The van der Waals surface area contributed by atoms with E-state index in [9.17, 15) is 4.79 Å². The van der Waals surface area contributed by atoms with Crippen LogP contribution in [0, 0.1) is 16.7 Å². The van der Waals surface area contributed by atoms with Crippen LogP contribution >= 0.6 is 12.2 Å². The smallest absolute Gasteiger partial charge is 0.232 e. The van der Waals surface area contributed by atoms with Crippen LogP contribution in [0.15, 0.2) is 0 Å². The van der Waals surface area contributed by atoms with Crippen LogP contribution in [0.2, 0.25) is 0 Å². The molecule has 92 valence electrons. The molecule has 0 spiro atoms. The van der Waals surface area contributed by atoms with Gasteiger partial charge in [0.2, 0.25) is 5.91 Å². The van der Waals surface area contributed by atoms with Gasteiger partial charge in [0.25, 0.3) is 0 Å². The number of nitrogens with two attached hydrogens (primary N) is 1. The second-order valence-corrected chi connectivity index (χ2v) is 6.09. The summed E-state index contributed by atoms with van der Waals surface area (Å²) in [5.74, 6) is 0.564. The van der Waals surface area contributed by atoms with Gasteiger partial charge in [-0.2, -0.15) is 0 Å². The van der Waals surface area contributed by atoms with Gasteiger partial charge < -0.3 is 11.1 Å². The van der Waals surface area contributed by atoms with Crippen molar-refractivity contribution < 1.29 is 4.79 Å². The molecule has 1 amide bonds. The van der Waals surface area contributed by atoms with Crippen LogP contribution in [0.25, 0.3) is 0 Å². The third-order valence-corrected chi connectivity index (χ3v) is 4.43. The first-order chi connectivity index (χ1) is 7.24. The van der Waals surface area contributed by atoms with Crippen LogP contribution < -0.4 is 11.1 Å². The fourth-order valence-electron chi connectivity index (χ4n) is 1.78. The highest BCUT2D eigenvalue weighted by Crippen LogP contribution is 2.51. The van der Waals surface area contributed by atoms with E-state index in [-0.39, 0.29) is 10.9 Å². The molecule has 0 heterocycles. The highest BCUT2D eigenvalue weighted by atomic mass is 32.1. The zero-order valence-corrected chi connectivity index (χ0v) is 11.4. The number of amides is 1. The second-order valence-electron chi connectivity index (χ2n) is 5.65. The Morgan fingerprint density at radius 1 is 1.62 bits per heavy atom. The molecule has 1 rings (SSSR count). The van der Waals surface area contributed by atoms with Gasteiger partial charge in [-0.25, -0.2) is 0 Å². The van der Waals surface area contributed by atoms with Gasteiger partial charge in [0.1, 0.15) is 0 Å². The van der Waals surface area contributed by atoms with Crippen LogP contribution in [0.1, 0.15) is 40.5 Å². The minimum absolute atomic E-state index is 0.0369. The van der Waals surface area contributed by atoms with Crippen LogP contribution in [-0.4, -0.2) is 17.4 Å². The van der Waals surface area contributed by atoms with Crippen molar-refractivity contribution in [2.24, 2.45) is 22.5 Å². The SMILES string of the molecule is CCC(C)(C(=O)NCC1CC1(C)C)C(N)=S. The molecule has 0 aromatic rings. The van der Waals surface area contributed by atoms with Gasteiger partial charge in [-0.3, -0.25) is 4.79 Å². The summed E-state index contributed by atoms with van der Waals surface area (Å²) >= 11 is 4.96. The fourth-order valence-corrected chi connectivity index (χ4v) is 2.02. The topological polar surface area (TPSA) is 55.1 Å². The molecule has 1 aliphatic carbocycles. The van der Waals surface area contributed by atoms with Crippen LogP contribution in [-0.2, 0) is 4.79 Å². The number of nitrogens with one attached hydrogen (secondary N) is 1. The Morgan fingerprint density at radius 3 is 2.44 bits per heavy atom. The lowest BCUT2D eigenvalue weighted by atomic mass is 9.86. The summed E-state index contributed by atoms with van der Waals surface area (Å²) in [6, 6.07) is 0. The molecule has 0 aromatic heterocycles. The Morgan fingerprint density at radius 2 is 2.12 bits per heavy atom. The Kier molecular flexibility index (Phi) is 3.62. The van der Waals surface area contributed by atoms with E-state index in [2.05, 4.69) is 19.2 Å². The van der Waals surface area contributed by atoms with Gasteiger partial charge in [0.05, 0.1) is 10.4 Å². The molecular formula is C12H22N2OS. The number of thiocarbonyl (C=S) groups is 1. The average molecular weight is 242 g/mol. The zero-order valence-electron chi connectivity index (χ0n) is 10.6. The van der Waals surface area contributed by atoms with Crippen molar-refractivity contribution in [3.8, 4) is 0 Å². The Hall–Kier alpha value is -0.640. The van der Waals surface area contributed by atoms with Gasteiger partial charge in [-0.05, 0) is 31.1 Å². The maximum Gasteiger partial charge on any atom is 0.232 e. The first-order valence-electron chi connectivity index (χ1n) is 5.82. The number of rotatable bonds is 5. The summed E-state index contributed by atoms with van der Waals surface area (Å²) in [4.78, 5) is 12.3. The predicted octanol–water partition coefficient (Wildman–Crippen LogP) is 1.85. The number of carbonyl (C=O) groups excluding carboxylic acids is 1. The minimum Gasteiger partial charge on any atom is -0.392 e. The first kappa shape index (κ1) is 13.4. The van der Waals surface area contributed by atoms with E-state index < -0.39 is 5.41 Å². The molecule has 1 aliphatic rings. The van der Waals surface area contributed by atoms with E-state index in [4.69, 9.17) is 18.0 Å². The van der Waals surface area contributed by atoms with E-state index >= 15 is 0 Å². The lowest BCUT2D eigenvalue weighted by Gasteiger charge is -2.25. The summed E-state index contributed by atoms with van der Waals surface area (Å²) in [5, 5.41) is 2.97. The Labute approximate surface area is 103 Å². The summed E-state index contributed by atoms with van der Waals surface area (Å²) in [7, 11) is 0. The molecule has 0 saturated heterocycles. The van der Waals surface area contributed by atoms with E-state index in [1.165, 1.54) is 6.42 Å². The van der Waals surface area contributed by atoms with Crippen LogP contribution in [0.3, 0.4) is 0 Å². The van der Waals surface area contributed by atoms with E-state index in [1.54, 1.807) is 0 Å². The number of hydrogen-bond donors (Lipinski definition) is 2. The standard InChI is InChI=1S/C12H22N2OS/c1-5-12(4,9(13)16)10(15)14-7-8-6-11(8,2)3/h8H,5-7H2,1-4H3,(H2,13,16)(H,14,15). The third kappa shape index (κ3) is 2.54. The Bertz CT molecular complexity index is 314. The maximum absolute atomic E-state index is 12.0. The normalized spacial score (nSPS) is 25.6. The summed E-state index contributed by atoms with van der Waals surface area (Å²) < 4.78 is 0. The van der Waals surface area contributed by atoms with Crippen molar-refractivity contribution in [3.05, 3.63) is 0 Å².